The van der Waals surface area contributed by atoms with Gasteiger partial charge in [0.1, 0.15) is 0 Å². The van der Waals surface area contributed by atoms with Crippen molar-refractivity contribution in [1.29, 1.82) is 0 Å². The molecule has 2 N–H and O–H groups in total. The zero-order chi connectivity index (χ0) is 20.2. The fraction of sp³-hybridized carbons (Fsp3) is 0.696. The van der Waals surface area contributed by atoms with E-state index >= 15 is 0 Å². The van der Waals surface area contributed by atoms with Gasteiger partial charge in [0.2, 0.25) is 0 Å². The number of hydrogen-bond acceptors (Lipinski definition) is 4. The molecule has 0 unspecified atom stereocenters. The maximum atomic E-state index is 6.09. The van der Waals surface area contributed by atoms with Gasteiger partial charge in [0, 0.05) is 31.9 Å². The molecule has 1 aromatic rings. The van der Waals surface area contributed by atoms with Crippen molar-refractivity contribution < 1.29 is 9.47 Å². The van der Waals surface area contributed by atoms with Crippen LogP contribution in [0.5, 0.6) is 0 Å². The Balaban J connectivity index is 1.50. The standard InChI is InChI=1S/C23H38N4O2/c1-2-24-23(25-13-16-29-21-10-5-3-4-6-11-21)26-19-20-9-7-8-12-22(20)27-14-17-28-18-15-27/h7-9,12,21H,2-6,10-11,13-19H2,1H3,(H2,24,25,26). The molecule has 0 bridgehead atoms. The van der Waals surface area contributed by atoms with Crippen LogP contribution in [0, 0.1) is 0 Å². The summed E-state index contributed by atoms with van der Waals surface area (Å²) >= 11 is 0. The second-order valence-corrected chi connectivity index (χ2v) is 7.83. The third-order valence-electron chi connectivity index (χ3n) is 5.65. The molecule has 1 aliphatic carbocycles. The molecule has 0 aromatic heterocycles. The Bertz CT molecular complexity index is 609. The molecule has 3 rings (SSSR count). The van der Waals surface area contributed by atoms with Crippen LogP contribution in [0.3, 0.4) is 0 Å². The Labute approximate surface area is 176 Å². The monoisotopic (exact) mass is 402 g/mol. The second kappa shape index (κ2) is 12.7. The molecule has 1 saturated heterocycles. The lowest BCUT2D eigenvalue weighted by molar-refractivity contribution is 0.0468. The average Bonchev–Trinajstić information content (AvgIpc) is 3.04. The summed E-state index contributed by atoms with van der Waals surface area (Å²) < 4.78 is 11.6. The fourth-order valence-electron chi connectivity index (χ4n) is 4.07. The number of benzene rings is 1. The van der Waals surface area contributed by atoms with E-state index in [9.17, 15) is 0 Å². The number of rotatable bonds is 8. The van der Waals surface area contributed by atoms with Gasteiger partial charge in [-0.05, 0) is 31.4 Å². The van der Waals surface area contributed by atoms with Gasteiger partial charge >= 0.3 is 0 Å². The molecule has 162 valence electrons. The van der Waals surface area contributed by atoms with Gasteiger partial charge in [-0.2, -0.15) is 0 Å². The molecular formula is C23H38N4O2. The van der Waals surface area contributed by atoms with Crippen LogP contribution in [-0.2, 0) is 16.0 Å². The van der Waals surface area contributed by atoms with Crippen LogP contribution in [-0.4, -0.2) is 58.1 Å². The Hall–Kier alpha value is -1.79. The first-order valence-corrected chi connectivity index (χ1v) is 11.4. The van der Waals surface area contributed by atoms with Crippen LogP contribution >= 0.6 is 0 Å². The van der Waals surface area contributed by atoms with Gasteiger partial charge in [-0.15, -0.1) is 0 Å². The first-order chi connectivity index (χ1) is 14.4. The van der Waals surface area contributed by atoms with Crippen LogP contribution in [0.4, 0.5) is 5.69 Å². The van der Waals surface area contributed by atoms with Gasteiger partial charge in [-0.3, -0.25) is 0 Å². The number of aliphatic imine (C=N–C) groups is 1. The first-order valence-electron chi connectivity index (χ1n) is 11.4. The van der Waals surface area contributed by atoms with E-state index in [4.69, 9.17) is 14.5 Å². The lowest BCUT2D eigenvalue weighted by Crippen LogP contribution is -2.39. The molecule has 29 heavy (non-hydrogen) atoms. The fourth-order valence-corrected chi connectivity index (χ4v) is 4.07. The number of nitrogens with one attached hydrogen (secondary N) is 2. The van der Waals surface area contributed by atoms with E-state index in [0.717, 1.165) is 52.0 Å². The summed E-state index contributed by atoms with van der Waals surface area (Å²) in [7, 11) is 0. The number of anilines is 1. The van der Waals surface area contributed by atoms with E-state index in [-0.39, 0.29) is 0 Å². The van der Waals surface area contributed by atoms with Crippen LogP contribution in [0.2, 0.25) is 0 Å². The molecule has 2 fully saturated rings. The number of ether oxygens (including phenoxy) is 2. The summed E-state index contributed by atoms with van der Waals surface area (Å²) in [5.74, 6) is 0.855. The third-order valence-corrected chi connectivity index (χ3v) is 5.65. The number of guanidine groups is 1. The molecule has 1 heterocycles. The van der Waals surface area contributed by atoms with Crippen LogP contribution in [0.15, 0.2) is 29.3 Å². The van der Waals surface area contributed by atoms with E-state index < -0.39 is 0 Å². The molecule has 0 radical (unpaired) electrons. The normalized spacial score (nSPS) is 19.1. The second-order valence-electron chi connectivity index (χ2n) is 7.83. The van der Waals surface area contributed by atoms with Gasteiger partial charge < -0.3 is 25.0 Å². The maximum absolute atomic E-state index is 6.09. The third kappa shape index (κ3) is 7.52. The van der Waals surface area contributed by atoms with Gasteiger partial charge in [0.15, 0.2) is 5.96 Å². The minimum Gasteiger partial charge on any atom is -0.378 e. The summed E-state index contributed by atoms with van der Waals surface area (Å²) in [6, 6.07) is 8.56. The predicted octanol–water partition coefficient (Wildman–Crippen LogP) is 3.32. The van der Waals surface area contributed by atoms with Crippen molar-refractivity contribution >= 4 is 11.6 Å². The smallest absolute Gasteiger partial charge is 0.191 e. The number of hydrogen-bond donors (Lipinski definition) is 2. The number of para-hydroxylation sites is 1. The highest BCUT2D eigenvalue weighted by molar-refractivity contribution is 5.79. The Morgan fingerprint density at radius 3 is 2.62 bits per heavy atom. The lowest BCUT2D eigenvalue weighted by Gasteiger charge is -2.30. The SMILES string of the molecule is CCNC(=NCc1ccccc1N1CCOCC1)NCCOC1CCCCCC1. The molecule has 6 heteroatoms. The minimum atomic E-state index is 0.444. The summed E-state index contributed by atoms with van der Waals surface area (Å²) in [5, 5.41) is 6.78. The van der Waals surface area contributed by atoms with E-state index in [1.807, 2.05) is 0 Å². The lowest BCUT2D eigenvalue weighted by atomic mass is 10.1. The molecule has 6 nitrogen and oxygen atoms in total. The van der Waals surface area contributed by atoms with E-state index in [2.05, 4.69) is 46.7 Å². The van der Waals surface area contributed by atoms with Crippen molar-refractivity contribution in [3.63, 3.8) is 0 Å². The zero-order valence-electron chi connectivity index (χ0n) is 18.0. The maximum Gasteiger partial charge on any atom is 0.191 e. The van der Waals surface area contributed by atoms with Gasteiger partial charge in [-0.25, -0.2) is 4.99 Å². The largest absolute Gasteiger partial charge is 0.378 e. The van der Waals surface area contributed by atoms with E-state index in [1.165, 1.54) is 49.8 Å². The minimum absolute atomic E-state index is 0.444. The van der Waals surface area contributed by atoms with Crippen molar-refractivity contribution in [1.82, 2.24) is 10.6 Å². The van der Waals surface area contributed by atoms with Crippen molar-refractivity contribution in [2.24, 2.45) is 4.99 Å². The van der Waals surface area contributed by atoms with E-state index in [1.54, 1.807) is 0 Å². The highest BCUT2D eigenvalue weighted by Crippen LogP contribution is 2.22. The van der Waals surface area contributed by atoms with Gasteiger partial charge in [0.25, 0.3) is 0 Å². The topological polar surface area (TPSA) is 58.1 Å². The summed E-state index contributed by atoms with van der Waals surface area (Å²) in [6.07, 6.45) is 8.22. The Morgan fingerprint density at radius 2 is 1.86 bits per heavy atom. The summed E-state index contributed by atoms with van der Waals surface area (Å²) in [4.78, 5) is 7.22. The van der Waals surface area contributed by atoms with Gasteiger partial charge in [0.05, 0.1) is 32.5 Å². The van der Waals surface area contributed by atoms with Crippen molar-refractivity contribution in [3.8, 4) is 0 Å². The molecular weight excluding hydrogens is 364 g/mol. The Kier molecular flexibility index (Phi) is 9.60. The molecule has 0 spiro atoms. The highest BCUT2D eigenvalue weighted by atomic mass is 16.5. The number of nitrogens with zero attached hydrogens (tertiary/aromatic N) is 2. The quantitative estimate of drug-likeness (QED) is 0.302. The van der Waals surface area contributed by atoms with Crippen molar-refractivity contribution in [2.45, 2.75) is 58.1 Å². The van der Waals surface area contributed by atoms with Crippen LogP contribution in [0.25, 0.3) is 0 Å². The summed E-state index contributed by atoms with van der Waals surface area (Å²) in [6.45, 7) is 8.60. The van der Waals surface area contributed by atoms with E-state index in [0.29, 0.717) is 12.6 Å². The molecule has 0 atom stereocenters. The molecule has 0 amide bonds. The average molecular weight is 403 g/mol. The number of morpholine rings is 1. The van der Waals surface area contributed by atoms with Crippen LogP contribution in [0.1, 0.15) is 51.0 Å². The van der Waals surface area contributed by atoms with Gasteiger partial charge in [-0.1, -0.05) is 43.9 Å². The summed E-state index contributed by atoms with van der Waals surface area (Å²) in [5.41, 5.74) is 2.52. The zero-order valence-corrected chi connectivity index (χ0v) is 18.0. The van der Waals surface area contributed by atoms with Crippen LogP contribution < -0.4 is 15.5 Å². The highest BCUT2D eigenvalue weighted by Gasteiger charge is 2.14. The molecule has 1 aliphatic heterocycles. The first kappa shape index (κ1) is 21.9. The predicted molar refractivity (Wildman–Crippen MR) is 120 cm³/mol. The molecule has 2 aliphatic rings. The molecule has 1 aromatic carbocycles. The van der Waals surface area contributed by atoms with Crippen molar-refractivity contribution in [3.05, 3.63) is 29.8 Å². The Morgan fingerprint density at radius 1 is 1.10 bits per heavy atom. The molecule has 1 saturated carbocycles. The van der Waals surface area contributed by atoms with Crippen molar-refractivity contribution in [2.75, 3.05) is 50.9 Å².